The highest BCUT2D eigenvalue weighted by Gasteiger charge is 2.17. The van der Waals surface area contributed by atoms with Crippen molar-refractivity contribution in [1.29, 1.82) is 0 Å². The highest BCUT2D eigenvalue weighted by molar-refractivity contribution is 7.47. The van der Waals surface area contributed by atoms with Crippen LogP contribution in [0.15, 0.2) is 12.2 Å². The molecular formula is C35H87O8P. The number of hydrogen-bond acceptors (Lipinski definition) is 7. The van der Waals surface area contributed by atoms with E-state index in [4.69, 9.17) is 9.63 Å². The number of phosphoric acid groups is 1. The van der Waals surface area contributed by atoms with Crippen molar-refractivity contribution in [2.75, 3.05) is 33.0 Å². The molecule has 44 heavy (non-hydrogen) atoms. The Morgan fingerprint density at radius 2 is 0.909 bits per heavy atom. The van der Waals surface area contributed by atoms with Crippen LogP contribution in [0, 0.1) is 0 Å². The zero-order chi connectivity index (χ0) is 31.8. The molecule has 0 aliphatic heterocycles. The molecule has 8 nitrogen and oxygen atoms in total. The van der Waals surface area contributed by atoms with Crippen molar-refractivity contribution >= 4 is 19.6 Å². The molecule has 0 spiro atoms. The van der Waals surface area contributed by atoms with Crippen LogP contribution in [-0.2, 0) is 32.7 Å². The fraction of sp³-hybridized carbons (Fsp3) is 0.886. The standard InChI is InChI=1S/C6H14.C6H12.C5H10O2.C5H10O.C4H11O4P.C4H10O.5CH4/c2*1-3-5-6-4-2;1-3-5(6)7-4-2;1-3-5(6)4-2;1-3-7-9(5,6)8-4-2;1-3-5-4-2;;;;;/h3-6H2,1-2H3;5-6H,3-4H2,1-2H3;3-4H2,1-2H3;3-4H2,1-2H3;3-4H2,1-2H3,(H,5,6);3-4H2,1-2H3;5*1H4. The van der Waals surface area contributed by atoms with Crippen LogP contribution in [0.25, 0.3) is 0 Å². The number of ketones is 1. The van der Waals surface area contributed by atoms with Gasteiger partial charge in [0.05, 0.1) is 19.8 Å². The molecule has 0 saturated heterocycles. The lowest BCUT2D eigenvalue weighted by molar-refractivity contribution is -0.142. The number of carbonyl (C=O) groups is 2. The number of allylic oxidation sites excluding steroid dienone is 2. The maximum absolute atomic E-state index is 10.5. The Kier molecular flexibility index (Phi) is 124. The summed E-state index contributed by atoms with van der Waals surface area (Å²) in [5, 5.41) is 0. The molecule has 0 amide bonds. The van der Waals surface area contributed by atoms with Crippen LogP contribution in [0.5, 0.6) is 0 Å². The van der Waals surface area contributed by atoms with Crippen LogP contribution in [0.4, 0.5) is 0 Å². The molecule has 0 bridgehead atoms. The van der Waals surface area contributed by atoms with Gasteiger partial charge >= 0.3 is 13.8 Å². The third kappa shape index (κ3) is 114. The second-order valence-corrected chi connectivity index (χ2v) is 8.94. The Morgan fingerprint density at radius 3 is 1.02 bits per heavy atom. The van der Waals surface area contributed by atoms with Crippen LogP contribution in [0.3, 0.4) is 0 Å². The SMILES string of the molecule is C.C.C.C.C.CCC(=O)CC.CCC=CCC.CCCCCC.CCOC(=O)CC.CCOCC.CCOP(=O)(O)OCC. The minimum atomic E-state index is -3.69. The number of Topliss-reactive ketones (excluding diaryl/α,β-unsaturated/α-hetero) is 1. The summed E-state index contributed by atoms with van der Waals surface area (Å²) >= 11 is 0. The Balaban J connectivity index is -0.0000000326. The van der Waals surface area contributed by atoms with E-state index >= 15 is 0 Å². The van der Waals surface area contributed by atoms with E-state index in [0.717, 1.165) is 13.2 Å². The van der Waals surface area contributed by atoms with Crippen molar-refractivity contribution in [1.82, 2.24) is 0 Å². The largest absolute Gasteiger partial charge is 0.472 e. The zero-order valence-corrected chi connectivity index (χ0v) is 28.7. The molecule has 0 aliphatic rings. The van der Waals surface area contributed by atoms with Gasteiger partial charge in [0.2, 0.25) is 0 Å². The summed E-state index contributed by atoms with van der Waals surface area (Å²) in [6, 6.07) is 0. The summed E-state index contributed by atoms with van der Waals surface area (Å²) < 4.78 is 28.6. The topological polar surface area (TPSA) is 108 Å². The summed E-state index contributed by atoms with van der Waals surface area (Å²) in [5.41, 5.74) is 0. The molecule has 9 heteroatoms. The lowest BCUT2D eigenvalue weighted by Gasteiger charge is -2.07. The van der Waals surface area contributed by atoms with E-state index in [1.54, 1.807) is 27.7 Å². The normalized spacial score (nSPS) is 8.48. The molecular weight excluding hydrogens is 579 g/mol. The second kappa shape index (κ2) is 73.4. The quantitative estimate of drug-likeness (QED) is 0.0796. The smallest absolute Gasteiger partial charge is 0.466 e. The van der Waals surface area contributed by atoms with E-state index in [-0.39, 0.29) is 56.3 Å². The van der Waals surface area contributed by atoms with Crippen LogP contribution in [0.2, 0.25) is 0 Å². The minimum absolute atomic E-state index is 0. The summed E-state index contributed by atoms with van der Waals surface area (Å²) in [6.45, 7) is 25.9. The Hall–Kier alpha value is -1.05. The van der Waals surface area contributed by atoms with Gasteiger partial charge in [-0.2, -0.15) is 0 Å². The van der Waals surface area contributed by atoms with Gasteiger partial charge in [-0.05, 0) is 47.5 Å². The predicted molar refractivity (Wildman–Crippen MR) is 201 cm³/mol. The minimum Gasteiger partial charge on any atom is -0.466 e. The van der Waals surface area contributed by atoms with E-state index in [9.17, 15) is 14.2 Å². The molecule has 0 fully saturated rings. The molecule has 0 rings (SSSR count). The van der Waals surface area contributed by atoms with Gasteiger partial charge in [-0.25, -0.2) is 4.57 Å². The maximum atomic E-state index is 10.5. The first-order valence-corrected chi connectivity index (χ1v) is 16.5. The molecule has 0 aromatic rings. The van der Waals surface area contributed by atoms with Crippen molar-refractivity contribution in [3.63, 3.8) is 0 Å². The van der Waals surface area contributed by atoms with Crippen molar-refractivity contribution < 1.29 is 37.6 Å². The van der Waals surface area contributed by atoms with Gasteiger partial charge in [0, 0.05) is 32.5 Å². The Bertz CT molecular complexity index is 485. The summed E-state index contributed by atoms with van der Waals surface area (Å²) in [4.78, 5) is 29.0. The fourth-order valence-electron chi connectivity index (χ4n) is 1.91. The van der Waals surface area contributed by atoms with E-state index < -0.39 is 7.82 Å². The highest BCUT2D eigenvalue weighted by Crippen LogP contribution is 2.42. The third-order valence-electron chi connectivity index (χ3n) is 3.97. The van der Waals surface area contributed by atoms with Crippen molar-refractivity contribution in [3.05, 3.63) is 12.2 Å². The van der Waals surface area contributed by atoms with Gasteiger partial charge in [-0.3, -0.25) is 18.6 Å². The summed E-state index contributed by atoms with van der Waals surface area (Å²) in [6.07, 6.45) is 14.1. The van der Waals surface area contributed by atoms with Crippen LogP contribution < -0.4 is 0 Å². The molecule has 0 heterocycles. The van der Waals surface area contributed by atoms with E-state index in [2.05, 4.69) is 53.6 Å². The number of carbonyl (C=O) groups excluding carboxylic acids is 2. The highest BCUT2D eigenvalue weighted by atomic mass is 31.2. The molecule has 0 aromatic heterocycles. The maximum Gasteiger partial charge on any atom is 0.472 e. The first-order chi connectivity index (χ1) is 18.5. The van der Waals surface area contributed by atoms with Gasteiger partial charge in [-0.15, -0.1) is 0 Å². The molecule has 0 unspecified atom stereocenters. The zero-order valence-electron chi connectivity index (χ0n) is 27.8. The average molecular weight is 667 g/mol. The average Bonchev–Trinajstić information content (AvgIpc) is 2.92. The molecule has 0 radical (unpaired) electrons. The molecule has 1 N–H and O–H groups in total. The number of ether oxygens (including phenoxy) is 2. The molecule has 0 saturated carbocycles. The number of hydrogen-bond donors (Lipinski definition) is 1. The van der Waals surface area contributed by atoms with E-state index in [1.807, 2.05) is 27.7 Å². The predicted octanol–water partition coefficient (Wildman–Crippen LogP) is 12.7. The number of esters is 1. The van der Waals surface area contributed by atoms with Gasteiger partial charge in [-0.1, -0.05) is 123 Å². The van der Waals surface area contributed by atoms with Crippen LogP contribution in [0.1, 0.15) is 178 Å². The Labute approximate surface area is 280 Å². The monoisotopic (exact) mass is 667 g/mol. The first kappa shape index (κ1) is 74.0. The van der Waals surface area contributed by atoms with Gasteiger partial charge in [0.15, 0.2) is 0 Å². The van der Waals surface area contributed by atoms with Crippen molar-refractivity contribution in [2.45, 2.75) is 178 Å². The van der Waals surface area contributed by atoms with Crippen molar-refractivity contribution in [2.24, 2.45) is 0 Å². The summed E-state index contributed by atoms with van der Waals surface area (Å²) in [7, 11) is -3.69. The number of rotatable bonds is 15. The Morgan fingerprint density at radius 1 is 0.568 bits per heavy atom. The third-order valence-corrected chi connectivity index (χ3v) is 5.14. The van der Waals surface area contributed by atoms with Crippen LogP contribution in [-0.4, -0.2) is 49.7 Å². The van der Waals surface area contributed by atoms with Crippen LogP contribution >= 0.6 is 7.82 Å². The molecule has 0 aromatic carbocycles. The summed E-state index contributed by atoms with van der Waals surface area (Å²) in [5.74, 6) is 0.220. The van der Waals surface area contributed by atoms with Gasteiger partial charge in [0.1, 0.15) is 5.78 Å². The van der Waals surface area contributed by atoms with Crippen molar-refractivity contribution in [3.8, 4) is 0 Å². The number of unbranched alkanes of at least 4 members (excludes halogenated alkanes) is 3. The van der Waals surface area contributed by atoms with Gasteiger partial charge in [0.25, 0.3) is 0 Å². The lowest BCUT2D eigenvalue weighted by Crippen LogP contribution is -2.00. The van der Waals surface area contributed by atoms with Gasteiger partial charge < -0.3 is 14.4 Å². The second-order valence-electron chi connectivity index (χ2n) is 7.48. The molecule has 0 atom stereocenters. The van der Waals surface area contributed by atoms with E-state index in [0.29, 0.717) is 31.7 Å². The number of phosphoric ester groups is 1. The first-order valence-electron chi connectivity index (χ1n) is 15.0. The fourth-order valence-corrected chi connectivity index (χ4v) is 2.64. The molecule has 0 aliphatic carbocycles. The molecule has 280 valence electrons. The van der Waals surface area contributed by atoms with E-state index in [1.165, 1.54) is 38.5 Å². The lowest BCUT2D eigenvalue weighted by atomic mass is 10.2.